The van der Waals surface area contributed by atoms with Crippen LogP contribution in [0.1, 0.15) is 66.2 Å². The van der Waals surface area contributed by atoms with Gasteiger partial charge in [0.1, 0.15) is 0 Å². The fraction of sp³-hybridized carbons (Fsp3) is 1.00. The van der Waals surface area contributed by atoms with Crippen LogP contribution in [-0.4, -0.2) is 31.2 Å². The van der Waals surface area contributed by atoms with Crippen molar-refractivity contribution in [3.8, 4) is 0 Å². The van der Waals surface area contributed by atoms with Gasteiger partial charge < -0.3 is 14.2 Å². The van der Waals surface area contributed by atoms with Gasteiger partial charge in [0.25, 0.3) is 0 Å². The third kappa shape index (κ3) is 3.94. The molecule has 0 saturated carbocycles. The van der Waals surface area contributed by atoms with Crippen LogP contribution < -0.4 is 0 Å². The molecule has 108 valence electrons. The molecule has 1 aliphatic rings. The minimum Gasteiger partial charge on any atom is -0.375 e. The molecule has 1 heterocycles. The summed E-state index contributed by atoms with van der Waals surface area (Å²) < 4.78 is 18.0. The molecule has 1 rings (SSSR count). The predicted molar refractivity (Wildman–Crippen MR) is 73.7 cm³/mol. The summed E-state index contributed by atoms with van der Waals surface area (Å²) >= 11 is 0. The first-order valence-corrected chi connectivity index (χ1v) is 7.57. The van der Waals surface area contributed by atoms with Gasteiger partial charge in [-0.25, -0.2) is 0 Å². The first-order chi connectivity index (χ1) is 8.66. The van der Waals surface area contributed by atoms with E-state index < -0.39 is 5.79 Å². The summed E-state index contributed by atoms with van der Waals surface area (Å²) in [5, 5.41) is 0. The Kier molecular flexibility index (Phi) is 6.61. The van der Waals surface area contributed by atoms with Crippen molar-refractivity contribution in [2.24, 2.45) is 0 Å². The van der Waals surface area contributed by atoms with Crippen molar-refractivity contribution >= 4 is 0 Å². The summed E-state index contributed by atoms with van der Waals surface area (Å²) in [7, 11) is 0. The van der Waals surface area contributed by atoms with E-state index in [1.165, 1.54) is 0 Å². The molecule has 18 heavy (non-hydrogen) atoms. The van der Waals surface area contributed by atoms with E-state index in [9.17, 15) is 0 Å². The fourth-order valence-corrected chi connectivity index (χ4v) is 3.22. The van der Waals surface area contributed by atoms with E-state index >= 15 is 0 Å². The Balaban J connectivity index is 2.81. The van der Waals surface area contributed by atoms with Gasteiger partial charge in [0.05, 0.1) is 12.2 Å². The first kappa shape index (κ1) is 15.9. The molecule has 0 radical (unpaired) electrons. The molecule has 0 atom stereocenters. The van der Waals surface area contributed by atoms with Crippen LogP contribution in [0.2, 0.25) is 0 Å². The van der Waals surface area contributed by atoms with Crippen LogP contribution in [0.3, 0.4) is 0 Å². The minimum atomic E-state index is -0.411. The van der Waals surface area contributed by atoms with E-state index in [2.05, 4.69) is 13.8 Å². The molecule has 0 aromatic rings. The van der Waals surface area contributed by atoms with Crippen LogP contribution in [0.15, 0.2) is 0 Å². The van der Waals surface area contributed by atoms with Crippen molar-refractivity contribution in [3.63, 3.8) is 0 Å². The van der Waals surface area contributed by atoms with Gasteiger partial charge >= 0.3 is 0 Å². The van der Waals surface area contributed by atoms with Crippen molar-refractivity contribution in [3.05, 3.63) is 0 Å². The summed E-state index contributed by atoms with van der Waals surface area (Å²) in [6, 6.07) is 0. The maximum Gasteiger partial charge on any atom is 0.173 e. The second kappa shape index (κ2) is 7.46. The van der Waals surface area contributed by atoms with E-state index in [0.717, 1.165) is 45.1 Å². The van der Waals surface area contributed by atoms with Gasteiger partial charge in [-0.05, 0) is 26.7 Å². The van der Waals surface area contributed by atoms with Crippen molar-refractivity contribution in [2.75, 3.05) is 19.8 Å². The van der Waals surface area contributed by atoms with Crippen LogP contribution >= 0.6 is 0 Å². The average molecular weight is 258 g/mol. The molecule has 0 spiro atoms. The summed E-state index contributed by atoms with van der Waals surface area (Å²) in [6.07, 6.45) is 6.22. The van der Waals surface area contributed by atoms with Crippen LogP contribution in [0.25, 0.3) is 0 Å². The molecule has 0 aliphatic carbocycles. The lowest BCUT2D eigenvalue weighted by Gasteiger charge is -2.47. The van der Waals surface area contributed by atoms with E-state index in [1.54, 1.807) is 0 Å². The van der Waals surface area contributed by atoms with Crippen LogP contribution in [0, 0.1) is 0 Å². The largest absolute Gasteiger partial charge is 0.375 e. The van der Waals surface area contributed by atoms with Gasteiger partial charge in [-0.2, -0.15) is 0 Å². The zero-order valence-electron chi connectivity index (χ0n) is 12.6. The predicted octanol–water partition coefficient (Wildman–Crippen LogP) is 3.91. The van der Waals surface area contributed by atoms with Gasteiger partial charge in [-0.15, -0.1) is 0 Å². The summed E-state index contributed by atoms with van der Waals surface area (Å²) in [5.41, 5.74) is -0.0356. The normalized spacial score (nSPS) is 22.0. The smallest absolute Gasteiger partial charge is 0.173 e. The Morgan fingerprint density at radius 2 is 1.50 bits per heavy atom. The van der Waals surface area contributed by atoms with Crippen molar-refractivity contribution < 1.29 is 14.2 Å². The van der Waals surface area contributed by atoms with E-state index in [1.807, 2.05) is 13.8 Å². The molecule has 0 aromatic carbocycles. The summed E-state index contributed by atoms with van der Waals surface area (Å²) in [6.45, 7) is 10.7. The third-order valence-corrected chi connectivity index (χ3v) is 3.71. The lowest BCUT2D eigenvalue weighted by atomic mass is 9.82. The maximum absolute atomic E-state index is 6.13. The molecule has 0 aromatic heterocycles. The number of hydrogen-bond donors (Lipinski definition) is 0. The topological polar surface area (TPSA) is 27.7 Å². The Morgan fingerprint density at radius 1 is 0.944 bits per heavy atom. The number of hydrogen-bond acceptors (Lipinski definition) is 3. The van der Waals surface area contributed by atoms with Gasteiger partial charge in [0.15, 0.2) is 5.79 Å². The van der Waals surface area contributed by atoms with Crippen molar-refractivity contribution in [1.82, 2.24) is 0 Å². The Bertz CT molecular complexity index is 183. The second-order valence-electron chi connectivity index (χ2n) is 5.23. The zero-order valence-corrected chi connectivity index (χ0v) is 12.6. The molecular formula is C15H30O3. The number of ether oxygens (including phenoxy) is 3. The maximum atomic E-state index is 6.13. The SMILES string of the molecule is CCCC1(CCC)CC(OCC)(OCC)CCO1. The Hall–Kier alpha value is -0.120. The van der Waals surface area contributed by atoms with Gasteiger partial charge in [0.2, 0.25) is 0 Å². The molecule has 0 N–H and O–H groups in total. The van der Waals surface area contributed by atoms with E-state index in [-0.39, 0.29) is 5.60 Å². The molecule has 0 unspecified atom stereocenters. The average Bonchev–Trinajstić information content (AvgIpc) is 2.30. The van der Waals surface area contributed by atoms with E-state index in [4.69, 9.17) is 14.2 Å². The first-order valence-electron chi connectivity index (χ1n) is 7.57. The quantitative estimate of drug-likeness (QED) is 0.618. The third-order valence-electron chi connectivity index (χ3n) is 3.71. The Morgan fingerprint density at radius 3 is 1.94 bits per heavy atom. The highest BCUT2D eigenvalue weighted by atomic mass is 16.7. The van der Waals surface area contributed by atoms with Gasteiger partial charge in [0, 0.05) is 26.1 Å². The van der Waals surface area contributed by atoms with Crippen LogP contribution in [0.4, 0.5) is 0 Å². The van der Waals surface area contributed by atoms with Crippen LogP contribution in [0.5, 0.6) is 0 Å². The standard InChI is InChI=1S/C15H30O3/c1-5-9-14(10-6-2)13-15(16-7-3,17-8-4)11-12-18-14/h5-13H2,1-4H3. The summed E-state index contributed by atoms with van der Waals surface area (Å²) in [4.78, 5) is 0. The number of rotatable bonds is 8. The molecule has 3 nitrogen and oxygen atoms in total. The lowest BCUT2D eigenvalue weighted by Crippen LogP contribution is -2.52. The van der Waals surface area contributed by atoms with Crippen molar-refractivity contribution in [1.29, 1.82) is 0 Å². The van der Waals surface area contributed by atoms with Crippen molar-refractivity contribution in [2.45, 2.75) is 77.6 Å². The summed E-state index contributed by atoms with van der Waals surface area (Å²) in [5.74, 6) is -0.411. The lowest BCUT2D eigenvalue weighted by molar-refractivity contribution is -0.298. The zero-order chi connectivity index (χ0) is 13.5. The van der Waals surface area contributed by atoms with Crippen LogP contribution in [-0.2, 0) is 14.2 Å². The van der Waals surface area contributed by atoms with Gasteiger partial charge in [-0.3, -0.25) is 0 Å². The molecule has 0 bridgehead atoms. The second-order valence-corrected chi connectivity index (χ2v) is 5.23. The molecule has 0 amide bonds. The van der Waals surface area contributed by atoms with Gasteiger partial charge in [-0.1, -0.05) is 26.7 Å². The molecule has 3 heteroatoms. The molecule has 1 fully saturated rings. The van der Waals surface area contributed by atoms with E-state index in [0.29, 0.717) is 13.2 Å². The molecule has 1 saturated heterocycles. The monoisotopic (exact) mass is 258 g/mol. The highest BCUT2D eigenvalue weighted by Crippen LogP contribution is 2.41. The Labute approximate surface area is 112 Å². The fourth-order valence-electron chi connectivity index (χ4n) is 3.22. The highest BCUT2D eigenvalue weighted by Gasteiger charge is 2.46. The highest BCUT2D eigenvalue weighted by molar-refractivity contribution is 4.91. The molecular weight excluding hydrogens is 228 g/mol. The molecule has 1 aliphatic heterocycles. The minimum absolute atomic E-state index is 0.0356.